The van der Waals surface area contributed by atoms with Crippen molar-refractivity contribution in [2.24, 2.45) is 0 Å². The number of ether oxygens (including phenoxy) is 1. The monoisotopic (exact) mass is 414 g/mol. The van der Waals surface area contributed by atoms with Crippen LogP contribution in [0.25, 0.3) is 10.6 Å². The van der Waals surface area contributed by atoms with Gasteiger partial charge in [-0.25, -0.2) is 9.78 Å². The summed E-state index contributed by atoms with van der Waals surface area (Å²) >= 11 is 7.12. The second-order valence-electron chi connectivity index (χ2n) is 6.22. The van der Waals surface area contributed by atoms with Crippen LogP contribution in [0.2, 0.25) is 5.02 Å². The first-order valence-electron chi connectivity index (χ1n) is 8.69. The van der Waals surface area contributed by atoms with Gasteiger partial charge in [0.1, 0.15) is 9.88 Å². The van der Waals surface area contributed by atoms with Crippen molar-refractivity contribution in [2.75, 3.05) is 6.61 Å². The van der Waals surface area contributed by atoms with E-state index in [1.807, 2.05) is 49.4 Å². The molecular formula is C21H19ClN2O3S. The number of carbonyl (C=O) groups is 2. The molecule has 0 aliphatic carbocycles. The number of aromatic nitrogens is 1. The smallest absolute Gasteiger partial charge is 0.350 e. The van der Waals surface area contributed by atoms with Crippen LogP contribution in [0.4, 0.5) is 0 Å². The zero-order valence-corrected chi connectivity index (χ0v) is 17.0. The number of aryl methyl sites for hydroxylation is 1. The molecule has 1 amide bonds. The maximum absolute atomic E-state index is 12.4. The molecule has 0 aliphatic rings. The predicted octanol–water partition coefficient (Wildman–Crippen LogP) is 4.81. The van der Waals surface area contributed by atoms with E-state index in [4.69, 9.17) is 16.3 Å². The lowest BCUT2D eigenvalue weighted by Gasteiger charge is -2.14. The average Bonchev–Trinajstić information content (AvgIpc) is 3.09. The molecule has 28 heavy (non-hydrogen) atoms. The summed E-state index contributed by atoms with van der Waals surface area (Å²) in [5.74, 6) is -0.923. The largest absolute Gasteiger partial charge is 0.451 e. The van der Waals surface area contributed by atoms with Crippen molar-refractivity contribution in [3.8, 4) is 10.6 Å². The van der Waals surface area contributed by atoms with Gasteiger partial charge in [0.05, 0.1) is 11.7 Å². The standard InChI is InChI=1S/C21H19ClN2O3S/c1-13(15-8-10-17(22)11-9-15)23-18(25)12-27-21(26)19-14(2)24-20(28-19)16-6-4-3-5-7-16/h3-11,13H,12H2,1-2H3,(H,23,25)/t13-/m0/s1. The van der Waals surface area contributed by atoms with Crippen LogP contribution in [0, 0.1) is 6.92 Å². The highest BCUT2D eigenvalue weighted by Gasteiger charge is 2.19. The third-order valence-corrected chi connectivity index (χ3v) is 5.52. The number of amides is 1. The van der Waals surface area contributed by atoms with Crippen LogP contribution in [0.3, 0.4) is 0 Å². The molecule has 0 unspecified atom stereocenters. The van der Waals surface area contributed by atoms with Gasteiger partial charge in [0.2, 0.25) is 0 Å². The molecule has 7 heteroatoms. The third kappa shape index (κ3) is 4.97. The maximum atomic E-state index is 12.4. The van der Waals surface area contributed by atoms with E-state index in [-0.39, 0.29) is 18.6 Å². The van der Waals surface area contributed by atoms with Gasteiger partial charge in [-0.2, -0.15) is 0 Å². The topological polar surface area (TPSA) is 68.3 Å². The number of hydrogen-bond acceptors (Lipinski definition) is 5. The zero-order chi connectivity index (χ0) is 20.1. The molecule has 1 N–H and O–H groups in total. The van der Waals surface area contributed by atoms with Crippen LogP contribution in [0.15, 0.2) is 54.6 Å². The Hall–Kier alpha value is -2.70. The van der Waals surface area contributed by atoms with E-state index in [0.717, 1.165) is 16.1 Å². The lowest BCUT2D eigenvalue weighted by molar-refractivity contribution is -0.124. The van der Waals surface area contributed by atoms with Crippen molar-refractivity contribution in [3.05, 3.63) is 75.8 Å². The molecule has 0 bridgehead atoms. The van der Waals surface area contributed by atoms with Gasteiger partial charge in [-0.05, 0) is 31.5 Å². The Kier molecular flexibility index (Phi) is 6.44. The van der Waals surface area contributed by atoms with Crippen molar-refractivity contribution in [3.63, 3.8) is 0 Å². The van der Waals surface area contributed by atoms with Gasteiger partial charge in [0.15, 0.2) is 6.61 Å². The van der Waals surface area contributed by atoms with Crippen LogP contribution >= 0.6 is 22.9 Å². The molecule has 0 spiro atoms. The second kappa shape index (κ2) is 8.99. The minimum Gasteiger partial charge on any atom is -0.451 e. The van der Waals surface area contributed by atoms with E-state index in [9.17, 15) is 9.59 Å². The number of halogens is 1. The van der Waals surface area contributed by atoms with E-state index >= 15 is 0 Å². The third-order valence-electron chi connectivity index (χ3n) is 4.08. The molecule has 1 aromatic heterocycles. The van der Waals surface area contributed by atoms with Crippen molar-refractivity contribution >= 4 is 34.8 Å². The number of nitrogens with one attached hydrogen (secondary N) is 1. The summed E-state index contributed by atoms with van der Waals surface area (Å²) in [5, 5.41) is 4.17. The van der Waals surface area contributed by atoms with E-state index in [1.165, 1.54) is 11.3 Å². The quantitative estimate of drug-likeness (QED) is 0.588. The normalized spacial score (nSPS) is 11.7. The number of nitrogens with zero attached hydrogens (tertiary/aromatic N) is 1. The first-order chi connectivity index (χ1) is 13.4. The number of thiazole rings is 1. The summed E-state index contributed by atoms with van der Waals surface area (Å²) in [6.45, 7) is 3.25. The van der Waals surface area contributed by atoms with Crippen LogP contribution in [-0.4, -0.2) is 23.5 Å². The number of carbonyl (C=O) groups excluding carboxylic acids is 2. The highest BCUT2D eigenvalue weighted by Crippen LogP contribution is 2.28. The molecular weight excluding hydrogens is 396 g/mol. The summed E-state index contributed by atoms with van der Waals surface area (Å²) in [4.78, 5) is 29.3. The van der Waals surface area contributed by atoms with E-state index in [0.29, 0.717) is 15.6 Å². The molecule has 0 fully saturated rings. The minimum atomic E-state index is -0.550. The molecule has 1 heterocycles. The fourth-order valence-electron chi connectivity index (χ4n) is 2.60. The molecule has 3 aromatic rings. The molecule has 0 saturated carbocycles. The van der Waals surface area contributed by atoms with Crippen LogP contribution in [-0.2, 0) is 9.53 Å². The van der Waals surface area contributed by atoms with Crippen molar-refractivity contribution in [2.45, 2.75) is 19.9 Å². The minimum absolute atomic E-state index is 0.224. The number of rotatable bonds is 6. The van der Waals surface area contributed by atoms with Gasteiger partial charge < -0.3 is 10.1 Å². The van der Waals surface area contributed by atoms with Crippen molar-refractivity contribution < 1.29 is 14.3 Å². The summed E-state index contributed by atoms with van der Waals surface area (Å²) in [6.07, 6.45) is 0. The summed E-state index contributed by atoms with van der Waals surface area (Å²) < 4.78 is 5.17. The summed E-state index contributed by atoms with van der Waals surface area (Å²) in [6, 6.07) is 16.6. The second-order valence-corrected chi connectivity index (χ2v) is 7.65. The number of esters is 1. The van der Waals surface area contributed by atoms with Crippen molar-refractivity contribution in [1.29, 1.82) is 0 Å². The first kappa shape index (κ1) is 20.0. The fraction of sp³-hybridized carbons (Fsp3) is 0.190. The molecule has 0 aliphatic heterocycles. The summed E-state index contributed by atoms with van der Waals surface area (Å²) in [7, 11) is 0. The van der Waals surface area contributed by atoms with Gasteiger partial charge in [0.25, 0.3) is 5.91 Å². The molecule has 3 rings (SSSR count). The summed E-state index contributed by atoms with van der Waals surface area (Å²) in [5.41, 5.74) is 2.43. The van der Waals surface area contributed by atoms with Gasteiger partial charge >= 0.3 is 5.97 Å². The molecule has 0 radical (unpaired) electrons. The number of benzene rings is 2. The number of hydrogen-bond donors (Lipinski definition) is 1. The molecule has 144 valence electrons. The molecule has 1 atom stereocenters. The highest BCUT2D eigenvalue weighted by molar-refractivity contribution is 7.17. The van der Waals surface area contributed by atoms with Crippen LogP contribution in [0.5, 0.6) is 0 Å². The lowest BCUT2D eigenvalue weighted by Crippen LogP contribution is -2.31. The molecule has 2 aromatic carbocycles. The molecule has 5 nitrogen and oxygen atoms in total. The Balaban J connectivity index is 1.57. The zero-order valence-electron chi connectivity index (χ0n) is 15.4. The van der Waals surface area contributed by atoms with E-state index in [1.54, 1.807) is 19.1 Å². The van der Waals surface area contributed by atoms with Gasteiger partial charge in [0, 0.05) is 10.6 Å². The van der Waals surface area contributed by atoms with Gasteiger partial charge in [-0.3, -0.25) is 4.79 Å². The van der Waals surface area contributed by atoms with Crippen LogP contribution < -0.4 is 5.32 Å². The van der Waals surface area contributed by atoms with Crippen LogP contribution in [0.1, 0.15) is 33.9 Å². The highest BCUT2D eigenvalue weighted by atomic mass is 35.5. The SMILES string of the molecule is Cc1nc(-c2ccccc2)sc1C(=O)OCC(=O)N[C@@H](C)c1ccc(Cl)cc1. The van der Waals surface area contributed by atoms with Gasteiger partial charge in [-0.15, -0.1) is 11.3 Å². The Morgan fingerprint density at radius 1 is 1.14 bits per heavy atom. The first-order valence-corrected chi connectivity index (χ1v) is 9.88. The van der Waals surface area contributed by atoms with Crippen molar-refractivity contribution in [1.82, 2.24) is 10.3 Å². The Labute approximate surface area is 172 Å². The Morgan fingerprint density at radius 2 is 1.82 bits per heavy atom. The predicted molar refractivity (Wildman–Crippen MR) is 111 cm³/mol. The maximum Gasteiger partial charge on any atom is 0.350 e. The Bertz CT molecular complexity index is 971. The van der Waals surface area contributed by atoms with E-state index < -0.39 is 5.97 Å². The Morgan fingerprint density at radius 3 is 2.50 bits per heavy atom. The average molecular weight is 415 g/mol. The van der Waals surface area contributed by atoms with E-state index in [2.05, 4.69) is 10.3 Å². The lowest BCUT2D eigenvalue weighted by atomic mass is 10.1. The molecule has 0 saturated heterocycles. The fourth-order valence-corrected chi connectivity index (χ4v) is 3.70. The van der Waals surface area contributed by atoms with Gasteiger partial charge in [-0.1, -0.05) is 54.1 Å².